The van der Waals surface area contributed by atoms with E-state index in [2.05, 4.69) is 11.9 Å². The summed E-state index contributed by atoms with van der Waals surface area (Å²) < 4.78 is 0. The molecule has 1 fully saturated rings. The lowest BCUT2D eigenvalue weighted by atomic mass is 10.1. The Bertz CT molecular complexity index is 551. The van der Waals surface area contributed by atoms with Crippen LogP contribution < -0.4 is 16.0 Å². The smallest absolute Gasteiger partial charge is 0.329 e. The molecule has 2 rings (SSSR count). The predicted molar refractivity (Wildman–Crippen MR) is 69.6 cm³/mol. The van der Waals surface area contributed by atoms with Crippen molar-refractivity contribution in [1.82, 2.24) is 5.32 Å². The lowest BCUT2D eigenvalue weighted by Crippen LogP contribution is -2.31. The van der Waals surface area contributed by atoms with Crippen LogP contribution in [-0.2, 0) is 4.79 Å². The maximum Gasteiger partial charge on any atom is 0.329 e. The Morgan fingerprint density at radius 3 is 2.53 bits per heavy atom. The molecule has 1 aliphatic heterocycles. The molecule has 6 heteroatoms. The standard InChI is InChI=1S/C13H13N3O3/c1-2-3-10-12(18)16(13(19)15-10)9-6-4-8(5-7-9)11(14)17/h2,4-7,10H,1,3H2,(H2,14,17)(H,15,19). The van der Waals surface area contributed by atoms with Gasteiger partial charge in [0.05, 0.1) is 5.69 Å². The van der Waals surface area contributed by atoms with E-state index in [1.165, 1.54) is 24.3 Å². The van der Waals surface area contributed by atoms with Crippen molar-refractivity contribution in [3.8, 4) is 0 Å². The molecule has 0 radical (unpaired) electrons. The van der Waals surface area contributed by atoms with Gasteiger partial charge in [-0.25, -0.2) is 9.69 Å². The number of nitrogens with one attached hydrogen (secondary N) is 1. The first-order chi connectivity index (χ1) is 9.04. The average Bonchev–Trinajstić information content (AvgIpc) is 2.65. The van der Waals surface area contributed by atoms with Crippen molar-refractivity contribution in [3.63, 3.8) is 0 Å². The van der Waals surface area contributed by atoms with E-state index in [9.17, 15) is 14.4 Å². The fraction of sp³-hybridized carbons (Fsp3) is 0.154. The summed E-state index contributed by atoms with van der Waals surface area (Å²) in [5, 5.41) is 2.57. The first-order valence-corrected chi connectivity index (χ1v) is 5.70. The zero-order valence-corrected chi connectivity index (χ0v) is 10.1. The second-order valence-electron chi connectivity index (χ2n) is 4.11. The molecule has 0 saturated carbocycles. The summed E-state index contributed by atoms with van der Waals surface area (Å²) in [6.45, 7) is 3.54. The Labute approximate surface area is 109 Å². The number of hydrogen-bond acceptors (Lipinski definition) is 3. The minimum Gasteiger partial charge on any atom is -0.366 e. The van der Waals surface area contributed by atoms with Crippen LogP contribution in [0.5, 0.6) is 0 Å². The summed E-state index contributed by atoms with van der Waals surface area (Å²) in [5.41, 5.74) is 5.84. The second-order valence-corrected chi connectivity index (χ2v) is 4.11. The number of nitrogens with two attached hydrogens (primary N) is 1. The van der Waals surface area contributed by atoms with Crippen LogP contribution in [0.25, 0.3) is 0 Å². The van der Waals surface area contributed by atoms with Crippen LogP contribution in [0.3, 0.4) is 0 Å². The minimum atomic E-state index is -0.583. The quantitative estimate of drug-likeness (QED) is 0.618. The van der Waals surface area contributed by atoms with Crippen molar-refractivity contribution in [2.24, 2.45) is 5.73 Å². The van der Waals surface area contributed by atoms with Crippen LogP contribution >= 0.6 is 0 Å². The summed E-state index contributed by atoms with van der Waals surface area (Å²) in [4.78, 5) is 35.8. The Hall–Kier alpha value is -2.63. The van der Waals surface area contributed by atoms with Crippen LogP contribution in [0.2, 0.25) is 0 Å². The average molecular weight is 259 g/mol. The van der Waals surface area contributed by atoms with E-state index in [0.717, 1.165) is 4.90 Å². The highest BCUT2D eigenvalue weighted by molar-refractivity contribution is 6.21. The second kappa shape index (κ2) is 4.93. The molecule has 0 bridgehead atoms. The number of imide groups is 1. The van der Waals surface area contributed by atoms with Crippen molar-refractivity contribution in [2.45, 2.75) is 12.5 Å². The molecule has 0 spiro atoms. The first kappa shape index (κ1) is 12.8. The number of rotatable bonds is 4. The zero-order valence-electron chi connectivity index (χ0n) is 10.1. The third-order valence-electron chi connectivity index (χ3n) is 2.83. The summed E-state index contributed by atoms with van der Waals surface area (Å²) in [6, 6.07) is 4.89. The monoisotopic (exact) mass is 259 g/mol. The summed E-state index contributed by atoms with van der Waals surface area (Å²) >= 11 is 0. The number of primary amides is 1. The van der Waals surface area contributed by atoms with Crippen molar-refractivity contribution in [1.29, 1.82) is 0 Å². The highest BCUT2D eigenvalue weighted by Gasteiger charge is 2.38. The third-order valence-corrected chi connectivity index (χ3v) is 2.83. The lowest BCUT2D eigenvalue weighted by molar-refractivity contribution is -0.118. The first-order valence-electron chi connectivity index (χ1n) is 5.70. The van der Waals surface area contributed by atoms with Crippen LogP contribution in [0.1, 0.15) is 16.8 Å². The van der Waals surface area contributed by atoms with E-state index in [1.807, 2.05) is 0 Å². The van der Waals surface area contributed by atoms with E-state index in [1.54, 1.807) is 6.08 Å². The van der Waals surface area contributed by atoms with Crippen molar-refractivity contribution in [2.75, 3.05) is 4.90 Å². The fourth-order valence-electron chi connectivity index (χ4n) is 1.88. The van der Waals surface area contributed by atoms with Gasteiger partial charge >= 0.3 is 6.03 Å². The number of carbonyl (C=O) groups excluding carboxylic acids is 3. The Kier molecular flexibility index (Phi) is 3.33. The van der Waals surface area contributed by atoms with Crippen LogP contribution in [0.4, 0.5) is 10.5 Å². The highest BCUT2D eigenvalue weighted by atomic mass is 16.2. The molecule has 6 nitrogen and oxygen atoms in total. The van der Waals surface area contributed by atoms with Crippen molar-refractivity contribution >= 4 is 23.5 Å². The van der Waals surface area contributed by atoms with Gasteiger partial charge in [0.2, 0.25) is 5.91 Å². The van der Waals surface area contributed by atoms with Crippen LogP contribution in [0.15, 0.2) is 36.9 Å². The SMILES string of the molecule is C=CCC1NC(=O)N(c2ccc(C(N)=O)cc2)C1=O. The molecule has 3 N–H and O–H groups in total. The topological polar surface area (TPSA) is 92.5 Å². The van der Waals surface area contributed by atoms with Gasteiger partial charge in [-0.1, -0.05) is 6.08 Å². The predicted octanol–water partition coefficient (Wildman–Crippen LogP) is 0.786. The molecule has 1 aromatic rings. The number of urea groups is 1. The molecule has 0 aliphatic carbocycles. The molecule has 1 unspecified atom stereocenters. The zero-order chi connectivity index (χ0) is 14.0. The van der Waals surface area contributed by atoms with Gasteiger partial charge in [-0.2, -0.15) is 0 Å². The van der Waals surface area contributed by atoms with Gasteiger partial charge in [0.1, 0.15) is 6.04 Å². The number of nitrogens with zero attached hydrogens (tertiary/aromatic N) is 1. The Balaban J connectivity index is 2.26. The molecule has 1 aliphatic rings. The number of carbonyl (C=O) groups is 3. The lowest BCUT2D eigenvalue weighted by Gasteiger charge is -2.12. The van der Waals surface area contributed by atoms with Crippen molar-refractivity contribution < 1.29 is 14.4 Å². The normalized spacial score (nSPS) is 18.3. The summed E-state index contributed by atoms with van der Waals surface area (Å²) in [6.07, 6.45) is 1.95. The Morgan fingerprint density at radius 1 is 1.37 bits per heavy atom. The van der Waals surface area contributed by atoms with E-state index in [-0.39, 0.29) is 5.91 Å². The largest absolute Gasteiger partial charge is 0.366 e. The Morgan fingerprint density at radius 2 is 2.00 bits per heavy atom. The van der Waals surface area contributed by atoms with Crippen LogP contribution in [-0.4, -0.2) is 23.9 Å². The maximum absolute atomic E-state index is 12.0. The molecule has 1 atom stereocenters. The highest BCUT2D eigenvalue weighted by Crippen LogP contribution is 2.21. The maximum atomic E-state index is 12.0. The molecule has 1 saturated heterocycles. The molecule has 1 aromatic carbocycles. The molecule has 19 heavy (non-hydrogen) atoms. The van der Waals surface area contributed by atoms with E-state index in [0.29, 0.717) is 17.7 Å². The molecular formula is C13H13N3O3. The van der Waals surface area contributed by atoms with E-state index < -0.39 is 18.0 Å². The number of hydrogen-bond donors (Lipinski definition) is 2. The van der Waals surface area contributed by atoms with Gasteiger partial charge in [0, 0.05) is 5.56 Å². The minimum absolute atomic E-state index is 0.318. The molecule has 1 heterocycles. The molecular weight excluding hydrogens is 246 g/mol. The van der Waals surface area contributed by atoms with Crippen LogP contribution in [0, 0.1) is 0 Å². The number of amides is 4. The van der Waals surface area contributed by atoms with Gasteiger partial charge in [0.25, 0.3) is 5.91 Å². The van der Waals surface area contributed by atoms with E-state index >= 15 is 0 Å². The van der Waals surface area contributed by atoms with Gasteiger partial charge in [-0.15, -0.1) is 6.58 Å². The van der Waals surface area contributed by atoms with Gasteiger partial charge < -0.3 is 11.1 Å². The summed E-state index contributed by atoms with van der Waals surface area (Å²) in [5.74, 6) is -0.898. The number of anilines is 1. The van der Waals surface area contributed by atoms with Gasteiger partial charge in [-0.3, -0.25) is 9.59 Å². The van der Waals surface area contributed by atoms with Crippen molar-refractivity contribution in [3.05, 3.63) is 42.5 Å². The summed E-state index contributed by atoms with van der Waals surface area (Å²) in [7, 11) is 0. The van der Waals surface area contributed by atoms with Gasteiger partial charge in [-0.05, 0) is 30.7 Å². The van der Waals surface area contributed by atoms with Gasteiger partial charge in [0.15, 0.2) is 0 Å². The molecule has 98 valence electrons. The number of benzene rings is 1. The molecule has 4 amide bonds. The van der Waals surface area contributed by atoms with E-state index in [4.69, 9.17) is 5.73 Å². The fourth-order valence-corrected chi connectivity index (χ4v) is 1.88. The molecule has 0 aromatic heterocycles. The third kappa shape index (κ3) is 2.33.